The summed E-state index contributed by atoms with van der Waals surface area (Å²) in [5.41, 5.74) is 3.01. The van der Waals surface area contributed by atoms with E-state index in [4.69, 9.17) is 0 Å². The van der Waals surface area contributed by atoms with E-state index in [2.05, 4.69) is 32.2 Å². The molecule has 4 bridgehead atoms. The SMILES string of the molecule is C=C1C=CC2=CN1CCCCC(=O)c1cnn3c(NC)cc(nc13)N2. The Bertz CT molecular complexity index is 923. The molecule has 0 amide bonds. The van der Waals surface area contributed by atoms with E-state index in [0.29, 0.717) is 23.4 Å². The van der Waals surface area contributed by atoms with E-state index in [-0.39, 0.29) is 5.78 Å². The Morgan fingerprint density at radius 1 is 1.32 bits per heavy atom. The maximum Gasteiger partial charge on any atom is 0.170 e. The van der Waals surface area contributed by atoms with Crippen LogP contribution >= 0.6 is 0 Å². The number of carbonyl (C=O) groups excluding carboxylic acids is 1. The number of rotatable bonds is 1. The highest BCUT2D eigenvalue weighted by molar-refractivity contribution is 6.01. The van der Waals surface area contributed by atoms with Gasteiger partial charge >= 0.3 is 0 Å². The zero-order chi connectivity index (χ0) is 17.4. The summed E-state index contributed by atoms with van der Waals surface area (Å²) in [6.45, 7) is 4.90. The molecule has 0 atom stereocenters. The molecule has 2 aliphatic heterocycles. The molecular weight excluding hydrogens is 316 g/mol. The van der Waals surface area contributed by atoms with Gasteiger partial charge in [-0.1, -0.05) is 6.58 Å². The second-order valence-corrected chi connectivity index (χ2v) is 6.18. The van der Waals surface area contributed by atoms with Crippen molar-refractivity contribution < 1.29 is 4.79 Å². The third-order valence-electron chi connectivity index (χ3n) is 4.47. The Morgan fingerprint density at radius 2 is 2.20 bits per heavy atom. The maximum absolute atomic E-state index is 12.6. The van der Waals surface area contributed by atoms with Gasteiger partial charge in [0.05, 0.1) is 17.5 Å². The molecule has 2 N–H and O–H groups in total. The van der Waals surface area contributed by atoms with Crippen molar-refractivity contribution >= 4 is 23.1 Å². The molecule has 0 saturated heterocycles. The zero-order valence-corrected chi connectivity index (χ0v) is 14.1. The van der Waals surface area contributed by atoms with E-state index < -0.39 is 0 Å². The lowest BCUT2D eigenvalue weighted by molar-refractivity contribution is 0.0980. The largest absolute Gasteiger partial charge is 0.373 e. The number of ketones is 1. The average molecular weight is 336 g/mol. The summed E-state index contributed by atoms with van der Waals surface area (Å²) in [5.74, 6) is 1.50. The lowest BCUT2D eigenvalue weighted by Gasteiger charge is -2.25. The van der Waals surface area contributed by atoms with Gasteiger partial charge in [-0.05, 0) is 25.0 Å². The van der Waals surface area contributed by atoms with Gasteiger partial charge in [-0.3, -0.25) is 4.79 Å². The van der Waals surface area contributed by atoms with Crippen LogP contribution in [-0.2, 0) is 0 Å². The number of nitrogens with one attached hydrogen (secondary N) is 2. The number of allylic oxidation sites excluding steroid dienone is 2. The van der Waals surface area contributed by atoms with E-state index in [1.54, 1.807) is 10.7 Å². The molecular formula is C18H20N6O. The van der Waals surface area contributed by atoms with E-state index in [1.807, 2.05) is 31.5 Å². The topological polar surface area (TPSA) is 74.6 Å². The highest BCUT2D eigenvalue weighted by Crippen LogP contribution is 2.24. The minimum Gasteiger partial charge on any atom is -0.373 e. The van der Waals surface area contributed by atoms with Gasteiger partial charge in [0.2, 0.25) is 0 Å². The highest BCUT2D eigenvalue weighted by Gasteiger charge is 2.18. The minimum atomic E-state index is 0.0764. The smallest absolute Gasteiger partial charge is 0.170 e. The van der Waals surface area contributed by atoms with E-state index in [0.717, 1.165) is 36.6 Å². The molecule has 0 spiro atoms. The van der Waals surface area contributed by atoms with Crippen molar-refractivity contribution in [2.24, 2.45) is 0 Å². The van der Waals surface area contributed by atoms with Crippen LogP contribution in [0.2, 0.25) is 0 Å². The van der Waals surface area contributed by atoms with Crippen LogP contribution < -0.4 is 10.6 Å². The van der Waals surface area contributed by atoms with Crippen molar-refractivity contribution in [2.75, 3.05) is 24.2 Å². The normalized spacial score (nSPS) is 17.6. The van der Waals surface area contributed by atoms with Crippen LogP contribution in [0.3, 0.4) is 0 Å². The van der Waals surface area contributed by atoms with E-state index in [9.17, 15) is 4.79 Å². The van der Waals surface area contributed by atoms with Crippen molar-refractivity contribution in [1.82, 2.24) is 19.5 Å². The second kappa shape index (κ2) is 6.08. The first-order chi connectivity index (χ1) is 12.2. The third-order valence-corrected chi connectivity index (χ3v) is 4.47. The molecule has 7 nitrogen and oxygen atoms in total. The summed E-state index contributed by atoms with van der Waals surface area (Å²) in [4.78, 5) is 19.3. The molecule has 128 valence electrons. The number of fused-ring (bicyclic) bond motifs is 2. The van der Waals surface area contributed by atoms with E-state index >= 15 is 0 Å². The standard InChI is InChI=1S/C18H20N6O/c1-12-6-7-13-11-23(12)8-4-3-5-15(25)14-10-20-24-17(19-2)9-16(21-13)22-18(14)24/h6-7,9-11,19H,1,3-5,8H2,2H3,(H,21,22). The molecule has 4 heterocycles. The van der Waals surface area contributed by atoms with Crippen molar-refractivity contribution in [3.63, 3.8) is 0 Å². The number of Topliss-reactive ketones (excluding diaryl/α,β-unsaturated/α-hetero) is 1. The van der Waals surface area contributed by atoms with Crippen LogP contribution in [0.1, 0.15) is 29.6 Å². The van der Waals surface area contributed by atoms with Gasteiger partial charge in [0.1, 0.15) is 11.6 Å². The fourth-order valence-electron chi connectivity index (χ4n) is 3.11. The number of nitrogens with zero attached hydrogens (tertiary/aromatic N) is 4. The molecule has 0 aromatic carbocycles. The predicted octanol–water partition coefficient (Wildman–Crippen LogP) is 2.78. The second-order valence-electron chi connectivity index (χ2n) is 6.18. The van der Waals surface area contributed by atoms with Crippen molar-refractivity contribution in [3.05, 3.63) is 54.2 Å². The van der Waals surface area contributed by atoms with E-state index in [1.165, 1.54) is 0 Å². The highest BCUT2D eigenvalue weighted by atomic mass is 16.1. The summed E-state index contributed by atoms with van der Waals surface area (Å²) >= 11 is 0. The molecule has 0 saturated carbocycles. The maximum atomic E-state index is 12.6. The fraction of sp³-hybridized carbons (Fsp3) is 0.278. The van der Waals surface area contributed by atoms with Crippen molar-refractivity contribution in [3.8, 4) is 0 Å². The summed E-state index contributed by atoms with van der Waals surface area (Å²) in [5, 5.41) is 10.7. The lowest BCUT2D eigenvalue weighted by Crippen LogP contribution is -2.21. The summed E-state index contributed by atoms with van der Waals surface area (Å²) in [7, 11) is 1.82. The number of anilines is 2. The molecule has 0 radical (unpaired) electrons. The first-order valence-corrected chi connectivity index (χ1v) is 8.38. The monoisotopic (exact) mass is 336 g/mol. The van der Waals surface area contributed by atoms with Gasteiger partial charge in [0.15, 0.2) is 11.4 Å². The third kappa shape index (κ3) is 2.77. The van der Waals surface area contributed by atoms with Gasteiger partial charge in [-0.15, -0.1) is 0 Å². The Kier molecular flexibility index (Phi) is 3.76. The molecule has 0 unspecified atom stereocenters. The van der Waals surface area contributed by atoms with Crippen LogP contribution in [0.4, 0.5) is 11.6 Å². The van der Waals surface area contributed by atoms with Gasteiger partial charge in [0, 0.05) is 38.0 Å². The predicted molar refractivity (Wildman–Crippen MR) is 97.4 cm³/mol. The quantitative estimate of drug-likeness (QED) is 0.834. The van der Waals surface area contributed by atoms with Crippen LogP contribution in [0.15, 0.2) is 48.6 Å². The number of aromatic nitrogens is 3. The molecule has 25 heavy (non-hydrogen) atoms. The molecule has 0 aliphatic carbocycles. The number of carbonyl (C=O) groups is 1. The minimum absolute atomic E-state index is 0.0764. The first kappa shape index (κ1) is 15.4. The molecule has 0 fully saturated rings. The summed E-state index contributed by atoms with van der Waals surface area (Å²) < 4.78 is 1.66. The van der Waals surface area contributed by atoms with Gasteiger partial charge in [-0.2, -0.15) is 9.61 Å². The molecule has 2 aliphatic rings. The van der Waals surface area contributed by atoms with Crippen LogP contribution in [-0.4, -0.2) is 38.9 Å². The number of hydrogen-bond acceptors (Lipinski definition) is 6. The zero-order valence-electron chi connectivity index (χ0n) is 14.1. The molecule has 2 aromatic heterocycles. The van der Waals surface area contributed by atoms with Gasteiger partial charge < -0.3 is 15.5 Å². The van der Waals surface area contributed by atoms with Crippen LogP contribution in [0.25, 0.3) is 5.65 Å². The summed E-state index contributed by atoms with van der Waals surface area (Å²) in [6.07, 6.45) is 9.82. The van der Waals surface area contributed by atoms with Crippen LogP contribution in [0.5, 0.6) is 0 Å². The summed E-state index contributed by atoms with van der Waals surface area (Å²) in [6, 6.07) is 1.87. The Balaban J connectivity index is 1.84. The first-order valence-electron chi connectivity index (χ1n) is 8.38. The van der Waals surface area contributed by atoms with Gasteiger partial charge in [-0.25, -0.2) is 4.98 Å². The van der Waals surface area contributed by atoms with Crippen molar-refractivity contribution in [1.29, 1.82) is 0 Å². The van der Waals surface area contributed by atoms with Gasteiger partial charge in [0.25, 0.3) is 0 Å². The van der Waals surface area contributed by atoms with Crippen LogP contribution in [0, 0.1) is 0 Å². The fourth-order valence-corrected chi connectivity index (χ4v) is 3.11. The molecule has 2 aromatic rings. The average Bonchev–Trinajstić information content (AvgIpc) is 3.03. The van der Waals surface area contributed by atoms with Crippen molar-refractivity contribution in [2.45, 2.75) is 19.3 Å². The lowest BCUT2D eigenvalue weighted by atomic mass is 10.1. The Labute approximate surface area is 145 Å². The molecule has 4 rings (SSSR count). The number of hydrogen-bond donors (Lipinski definition) is 2. The molecule has 7 heteroatoms. The Morgan fingerprint density at radius 3 is 3.04 bits per heavy atom. The Hall–Kier alpha value is -3.09.